The van der Waals surface area contributed by atoms with Crippen molar-refractivity contribution >= 4 is 6.29 Å². The predicted octanol–water partition coefficient (Wildman–Crippen LogP) is 2.95. The lowest BCUT2D eigenvalue weighted by Crippen LogP contribution is -2.05. The lowest BCUT2D eigenvalue weighted by atomic mass is 10.2. The van der Waals surface area contributed by atoms with Crippen molar-refractivity contribution in [2.45, 2.75) is 27.7 Å². The maximum Gasteiger partial charge on any atom is 0.203 e. The Hall–Kier alpha value is -1.71. The van der Waals surface area contributed by atoms with E-state index in [9.17, 15) is 5.11 Å². The predicted molar refractivity (Wildman–Crippen MR) is 71.5 cm³/mol. The van der Waals surface area contributed by atoms with Crippen LogP contribution >= 0.6 is 0 Å². The zero-order valence-electron chi connectivity index (χ0n) is 11.7. The van der Waals surface area contributed by atoms with E-state index in [0.29, 0.717) is 24.0 Å². The number of ether oxygens (including phenoxy) is 2. The summed E-state index contributed by atoms with van der Waals surface area (Å²) in [4.78, 5) is 8.81. The molecule has 0 amide bonds. The van der Waals surface area contributed by atoms with E-state index >= 15 is 0 Å². The largest absolute Gasteiger partial charge is 0.504 e. The van der Waals surface area contributed by atoms with E-state index in [4.69, 9.17) is 14.3 Å². The molecular formula is C14H22O4. The lowest BCUT2D eigenvalue weighted by Gasteiger charge is -2.14. The van der Waals surface area contributed by atoms with Gasteiger partial charge in [0.05, 0.1) is 13.7 Å². The number of phenols is 1. The molecule has 0 aliphatic rings. The van der Waals surface area contributed by atoms with Crippen LogP contribution in [0.5, 0.6) is 17.2 Å². The molecule has 0 aliphatic carbocycles. The number of methoxy groups -OCH3 is 1. The molecule has 1 N–H and O–H groups in total. The van der Waals surface area contributed by atoms with Crippen LogP contribution in [0.3, 0.4) is 0 Å². The minimum absolute atomic E-state index is 0.132. The van der Waals surface area contributed by atoms with Gasteiger partial charge in [-0.05, 0) is 37.5 Å². The van der Waals surface area contributed by atoms with Gasteiger partial charge in [-0.2, -0.15) is 0 Å². The number of aryl methyl sites for hydroxylation is 1. The van der Waals surface area contributed by atoms with Gasteiger partial charge in [-0.15, -0.1) is 0 Å². The summed E-state index contributed by atoms with van der Waals surface area (Å²) < 4.78 is 10.7. The normalized spacial score (nSPS) is 9.44. The summed E-state index contributed by atoms with van der Waals surface area (Å²) in [7, 11) is 1.57. The number of carbonyl (C=O) groups is 1. The molecule has 0 radical (unpaired) electrons. The van der Waals surface area contributed by atoms with E-state index in [1.807, 2.05) is 13.0 Å². The first-order valence-electron chi connectivity index (χ1n) is 5.86. The second kappa shape index (κ2) is 8.39. The van der Waals surface area contributed by atoms with Crippen molar-refractivity contribution in [2.75, 3.05) is 13.7 Å². The third-order valence-electron chi connectivity index (χ3n) is 1.96. The van der Waals surface area contributed by atoms with Gasteiger partial charge in [0.15, 0.2) is 11.5 Å². The van der Waals surface area contributed by atoms with Crippen LogP contribution in [0.1, 0.15) is 26.3 Å². The molecule has 0 fully saturated rings. The first-order valence-corrected chi connectivity index (χ1v) is 5.86. The highest BCUT2D eigenvalue weighted by atomic mass is 16.5. The molecule has 0 bridgehead atoms. The van der Waals surface area contributed by atoms with Gasteiger partial charge in [0.2, 0.25) is 5.75 Å². The van der Waals surface area contributed by atoms with E-state index in [0.717, 1.165) is 11.8 Å². The van der Waals surface area contributed by atoms with E-state index in [1.54, 1.807) is 13.2 Å². The van der Waals surface area contributed by atoms with Crippen molar-refractivity contribution in [3.63, 3.8) is 0 Å². The number of aldehydes is 1. The maximum absolute atomic E-state index is 9.71. The Morgan fingerprint density at radius 1 is 1.39 bits per heavy atom. The van der Waals surface area contributed by atoms with Crippen LogP contribution in [-0.4, -0.2) is 25.1 Å². The molecule has 0 saturated heterocycles. The van der Waals surface area contributed by atoms with Gasteiger partial charge in [0.1, 0.15) is 6.29 Å². The fourth-order valence-corrected chi connectivity index (χ4v) is 1.27. The molecule has 4 heteroatoms. The highest BCUT2D eigenvalue weighted by Crippen LogP contribution is 2.37. The molecule has 18 heavy (non-hydrogen) atoms. The van der Waals surface area contributed by atoms with Gasteiger partial charge in [0.25, 0.3) is 0 Å². The van der Waals surface area contributed by atoms with Gasteiger partial charge >= 0.3 is 0 Å². The Kier molecular flexibility index (Phi) is 7.59. The van der Waals surface area contributed by atoms with Crippen molar-refractivity contribution in [1.29, 1.82) is 0 Å². The van der Waals surface area contributed by atoms with Crippen LogP contribution in [-0.2, 0) is 4.79 Å². The fourth-order valence-electron chi connectivity index (χ4n) is 1.27. The molecule has 1 rings (SSSR count). The second-order valence-corrected chi connectivity index (χ2v) is 4.26. The van der Waals surface area contributed by atoms with Crippen molar-refractivity contribution in [2.24, 2.45) is 5.92 Å². The molecule has 0 aromatic heterocycles. The summed E-state index contributed by atoms with van der Waals surface area (Å²) in [6, 6.07) is 3.51. The van der Waals surface area contributed by atoms with Crippen molar-refractivity contribution in [1.82, 2.24) is 0 Å². The molecule has 0 atom stereocenters. The van der Waals surface area contributed by atoms with E-state index < -0.39 is 0 Å². The van der Waals surface area contributed by atoms with Crippen LogP contribution in [0.2, 0.25) is 0 Å². The molecule has 1 aromatic carbocycles. The Bertz CT molecular complexity index is 372. The first kappa shape index (κ1) is 16.3. The summed E-state index contributed by atoms with van der Waals surface area (Å²) in [5, 5.41) is 9.71. The number of phenolic OH excluding ortho intramolecular Hbond substituents is 1. The molecular weight excluding hydrogens is 232 g/mol. The highest BCUT2D eigenvalue weighted by Gasteiger charge is 2.11. The van der Waals surface area contributed by atoms with Gasteiger partial charge < -0.3 is 19.4 Å². The van der Waals surface area contributed by atoms with Crippen LogP contribution in [0.4, 0.5) is 0 Å². The zero-order chi connectivity index (χ0) is 14.1. The summed E-state index contributed by atoms with van der Waals surface area (Å²) in [5.74, 6) is 1.55. The average Bonchev–Trinajstić information content (AvgIpc) is 2.27. The van der Waals surface area contributed by atoms with Crippen LogP contribution in [0.25, 0.3) is 0 Å². The third kappa shape index (κ3) is 5.57. The van der Waals surface area contributed by atoms with E-state index in [1.165, 1.54) is 6.92 Å². The topological polar surface area (TPSA) is 55.8 Å². The number of benzene rings is 1. The van der Waals surface area contributed by atoms with Crippen molar-refractivity contribution in [3.05, 3.63) is 17.7 Å². The van der Waals surface area contributed by atoms with Crippen molar-refractivity contribution in [3.8, 4) is 17.2 Å². The van der Waals surface area contributed by atoms with Crippen LogP contribution in [0, 0.1) is 12.8 Å². The molecule has 0 unspecified atom stereocenters. The maximum atomic E-state index is 9.71. The molecule has 0 spiro atoms. The summed E-state index contributed by atoms with van der Waals surface area (Å²) in [5.41, 5.74) is 0.946. The van der Waals surface area contributed by atoms with Gasteiger partial charge in [-0.3, -0.25) is 0 Å². The van der Waals surface area contributed by atoms with Crippen LogP contribution in [0.15, 0.2) is 12.1 Å². The molecule has 0 heterocycles. The fraction of sp³-hybridized carbons (Fsp3) is 0.500. The minimum Gasteiger partial charge on any atom is -0.504 e. The van der Waals surface area contributed by atoms with Gasteiger partial charge in [0, 0.05) is 0 Å². The summed E-state index contributed by atoms with van der Waals surface area (Å²) in [6.07, 6.45) is 0.750. The van der Waals surface area contributed by atoms with Gasteiger partial charge in [-0.25, -0.2) is 0 Å². The monoisotopic (exact) mass is 254 g/mol. The van der Waals surface area contributed by atoms with Crippen LogP contribution < -0.4 is 9.47 Å². The molecule has 0 aliphatic heterocycles. The minimum atomic E-state index is 0.132. The number of rotatable bonds is 4. The first-order chi connectivity index (χ1) is 8.46. The lowest BCUT2D eigenvalue weighted by molar-refractivity contribution is -0.106. The zero-order valence-corrected chi connectivity index (χ0v) is 11.7. The number of hydrogen-bond donors (Lipinski definition) is 1. The van der Waals surface area contributed by atoms with E-state index in [-0.39, 0.29) is 5.75 Å². The summed E-state index contributed by atoms with van der Waals surface area (Å²) in [6.45, 7) is 8.01. The second-order valence-electron chi connectivity index (χ2n) is 4.26. The average molecular weight is 254 g/mol. The number of hydrogen-bond acceptors (Lipinski definition) is 4. The summed E-state index contributed by atoms with van der Waals surface area (Å²) >= 11 is 0. The Balaban J connectivity index is 0.000000873. The number of aromatic hydroxyl groups is 1. The molecule has 0 saturated carbocycles. The highest BCUT2D eigenvalue weighted by molar-refractivity contribution is 5.52. The van der Waals surface area contributed by atoms with Crippen molar-refractivity contribution < 1.29 is 19.4 Å². The number of carbonyl (C=O) groups excluding carboxylic acids is 1. The smallest absolute Gasteiger partial charge is 0.203 e. The SMILES string of the molecule is CC=O.COc1cc(C)cc(O)c1OCC(C)C. The Morgan fingerprint density at radius 3 is 2.39 bits per heavy atom. The Labute approximate surface area is 109 Å². The quantitative estimate of drug-likeness (QED) is 0.839. The molecule has 4 nitrogen and oxygen atoms in total. The molecule has 1 aromatic rings. The van der Waals surface area contributed by atoms with E-state index in [2.05, 4.69) is 13.8 Å². The molecule has 102 valence electrons. The third-order valence-corrected chi connectivity index (χ3v) is 1.96. The standard InChI is InChI=1S/C12H18O3.C2H4O/c1-8(2)7-15-12-10(13)5-9(3)6-11(12)14-4;1-2-3/h5-6,8,13H,7H2,1-4H3;2H,1H3. The Morgan fingerprint density at radius 2 is 1.94 bits per heavy atom. The van der Waals surface area contributed by atoms with Gasteiger partial charge in [-0.1, -0.05) is 13.8 Å².